The molecule has 1 aromatic heterocycles. The highest BCUT2D eigenvalue weighted by Crippen LogP contribution is 2.24. The zero-order valence-corrected chi connectivity index (χ0v) is 6.80. The van der Waals surface area contributed by atoms with Crippen molar-refractivity contribution in [2.24, 2.45) is 0 Å². The topological polar surface area (TPSA) is 99.0 Å². The predicted octanol–water partition coefficient (Wildman–Crippen LogP) is -0.482. The summed E-state index contributed by atoms with van der Waals surface area (Å²) in [5, 5.41) is 17.3. The summed E-state index contributed by atoms with van der Waals surface area (Å²) in [7, 11) is 0. The van der Waals surface area contributed by atoms with Crippen LogP contribution in [-0.2, 0) is 0 Å². The van der Waals surface area contributed by atoms with Crippen LogP contribution in [0.1, 0.15) is 6.04 Å². The second-order valence-electron chi connectivity index (χ2n) is 2.93. The van der Waals surface area contributed by atoms with E-state index in [1.807, 2.05) is 0 Å². The van der Waals surface area contributed by atoms with Gasteiger partial charge in [0.05, 0.1) is 11.0 Å². The van der Waals surface area contributed by atoms with Crippen molar-refractivity contribution in [3.63, 3.8) is 0 Å². The number of nitrogens with two attached hydrogens (primary N) is 1. The monoisotopic (exact) mass is 183 g/mol. The molecule has 13 heavy (non-hydrogen) atoms. The molecule has 1 fully saturated rings. The van der Waals surface area contributed by atoms with Gasteiger partial charge in [-0.2, -0.15) is 5.10 Å². The van der Waals surface area contributed by atoms with Gasteiger partial charge in [0.1, 0.15) is 6.20 Å². The Balaban J connectivity index is 2.32. The maximum Gasteiger partial charge on any atom is 0.330 e. The molecule has 0 unspecified atom stereocenters. The minimum atomic E-state index is -0.523. The smallest absolute Gasteiger partial charge is 0.330 e. The first-order valence-corrected chi connectivity index (χ1v) is 3.88. The van der Waals surface area contributed by atoms with Crippen molar-refractivity contribution in [1.29, 1.82) is 0 Å². The molecule has 0 amide bonds. The lowest BCUT2D eigenvalue weighted by molar-refractivity contribution is -0.384. The Morgan fingerprint density at radius 2 is 2.46 bits per heavy atom. The van der Waals surface area contributed by atoms with Gasteiger partial charge in [0, 0.05) is 13.1 Å². The third kappa shape index (κ3) is 1.13. The number of rotatable bonds is 2. The Labute approximate surface area is 73.7 Å². The molecule has 70 valence electrons. The molecule has 7 heteroatoms. The van der Waals surface area contributed by atoms with E-state index in [9.17, 15) is 10.1 Å². The molecule has 0 aromatic carbocycles. The van der Waals surface area contributed by atoms with E-state index in [1.165, 1.54) is 10.9 Å². The Hall–Kier alpha value is -1.63. The van der Waals surface area contributed by atoms with Crippen molar-refractivity contribution >= 4 is 11.5 Å². The molecular formula is C6H9N5O2. The number of nitro groups is 1. The Morgan fingerprint density at radius 1 is 1.77 bits per heavy atom. The van der Waals surface area contributed by atoms with E-state index in [2.05, 4.69) is 10.4 Å². The first kappa shape index (κ1) is 7.99. The van der Waals surface area contributed by atoms with Crippen molar-refractivity contribution in [2.45, 2.75) is 6.04 Å². The van der Waals surface area contributed by atoms with Crippen LogP contribution in [0.4, 0.5) is 11.5 Å². The average Bonchev–Trinajstić information content (AvgIpc) is 2.29. The summed E-state index contributed by atoms with van der Waals surface area (Å²) in [4.78, 5) is 9.90. The SMILES string of the molecule is Nc1c([N+](=O)[O-])cnn1C1CNC1. The van der Waals surface area contributed by atoms with Gasteiger partial charge in [0.25, 0.3) is 0 Å². The molecule has 0 radical (unpaired) electrons. The highest BCUT2D eigenvalue weighted by atomic mass is 16.6. The van der Waals surface area contributed by atoms with Crippen LogP contribution in [0.2, 0.25) is 0 Å². The number of aromatic nitrogens is 2. The van der Waals surface area contributed by atoms with E-state index in [-0.39, 0.29) is 17.5 Å². The van der Waals surface area contributed by atoms with Gasteiger partial charge < -0.3 is 11.1 Å². The summed E-state index contributed by atoms with van der Waals surface area (Å²) in [5.41, 5.74) is 5.43. The summed E-state index contributed by atoms with van der Waals surface area (Å²) in [5.74, 6) is 0.136. The average molecular weight is 183 g/mol. The lowest BCUT2D eigenvalue weighted by Crippen LogP contribution is -2.44. The molecule has 2 heterocycles. The van der Waals surface area contributed by atoms with Gasteiger partial charge >= 0.3 is 5.69 Å². The Kier molecular flexibility index (Phi) is 1.66. The first-order chi connectivity index (χ1) is 6.20. The summed E-state index contributed by atoms with van der Waals surface area (Å²) in [6.45, 7) is 1.53. The fourth-order valence-electron chi connectivity index (χ4n) is 1.24. The predicted molar refractivity (Wildman–Crippen MR) is 45.2 cm³/mol. The lowest BCUT2D eigenvalue weighted by Gasteiger charge is -2.27. The number of nitrogen functional groups attached to an aromatic ring is 1. The number of anilines is 1. The van der Waals surface area contributed by atoms with E-state index in [4.69, 9.17) is 5.73 Å². The number of hydrogen-bond acceptors (Lipinski definition) is 5. The van der Waals surface area contributed by atoms with Crippen molar-refractivity contribution in [3.05, 3.63) is 16.3 Å². The van der Waals surface area contributed by atoms with Crippen molar-refractivity contribution in [2.75, 3.05) is 18.8 Å². The molecule has 0 atom stereocenters. The van der Waals surface area contributed by atoms with Gasteiger partial charge in [-0.25, -0.2) is 4.68 Å². The van der Waals surface area contributed by atoms with Gasteiger partial charge in [-0.3, -0.25) is 10.1 Å². The van der Waals surface area contributed by atoms with E-state index in [1.54, 1.807) is 0 Å². The Morgan fingerprint density at radius 3 is 2.85 bits per heavy atom. The number of hydrogen-bond donors (Lipinski definition) is 2. The molecule has 1 aliphatic rings. The van der Waals surface area contributed by atoms with Crippen LogP contribution in [-0.4, -0.2) is 27.8 Å². The highest BCUT2D eigenvalue weighted by Gasteiger charge is 2.26. The molecule has 0 aliphatic carbocycles. The molecule has 0 spiro atoms. The summed E-state index contributed by atoms with van der Waals surface area (Å²) in [6, 6.07) is 0.161. The fourth-order valence-corrected chi connectivity index (χ4v) is 1.24. The maximum atomic E-state index is 10.4. The highest BCUT2D eigenvalue weighted by molar-refractivity contribution is 5.51. The second kappa shape index (κ2) is 2.70. The molecule has 1 aromatic rings. The zero-order chi connectivity index (χ0) is 9.42. The molecule has 0 bridgehead atoms. The van der Waals surface area contributed by atoms with Gasteiger partial charge in [0.15, 0.2) is 0 Å². The fraction of sp³-hybridized carbons (Fsp3) is 0.500. The first-order valence-electron chi connectivity index (χ1n) is 3.88. The summed E-state index contributed by atoms with van der Waals surface area (Å²) >= 11 is 0. The summed E-state index contributed by atoms with van der Waals surface area (Å²) in [6.07, 6.45) is 1.19. The van der Waals surface area contributed by atoms with Gasteiger partial charge in [-0.05, 0) is 0 Å². The van der Waals surface area contributed by atoms with Crippen molar-refractivity contribution in [3.8, 4) is 0 Å². The van der Waals surface area contributed by atoms with Crippen molar-refractivity contribution in [1.82, 2.24) is 15.1 Å². The lowest BCUT2D eigenvalue weighted by atomic mass is 10.2. The van der Waals surface area contributed by atoms with Crippen LogP contribution in [0.3, 0.4) is 0 Å². The number of nitrogens with zero attached hydrogens (tertiary/aromatic N) is 3. The molecule has 7 nitrogen and oxygen atoms in total. The Bertz CT molecular complexity index is 343. The quantitative estimate of drug-likeness (QED) is 0.476. The maximum absolute atomic E-state index is 10.4. The van der Waals surface area contributed by atoms with Crippen molar-refractivity contribution < 1.29 is 4.92 Å². The molecule has 3 N–H and O–H groups in total. The van der Waals surface area contributed by atoms with Crippen LogP contribution >= 0.6 is 0 Å². The molecular weight excluding hydrogens is 174 g/mol. The third-order valence-electron chi connectivity index (χ3n) is 2.12. The van der Waals surface area contributed by atoms with Gasteiger partial charge in [-0.15, -0.1) is 0 Å². The van der Waals surface area contributed by atoms with Crippen LogP contribution in [0.25, 0.3) is 0 Å². The van der Waals surface area contributed by atoms with Crippen LogP contribution in [0, 0.1) is 10.1 Å². The molecule has 0 saturated carbocycles. The van der Waals surface area contributed by atoms with E-state index in [0.717, 1.165) is 13.1 Å². The molecule has 2 rings (SSSR count). The van der Waals surface area contributed by atoms with Gasteiger partial charge in [0.2, 0.25) is 5.82 Å². The number of nitrogens with one attached hydrogen (secondary N) is 1. The molecule has 1 saturated heterocycles. The standard InChI is InChI=1S/C6H9N5O2/c7-6-5(11(12)13)3-9-10(6)4-1-8-2-4/h3-4,8H,1-2,7H2. The van der Waals surface area contributed by atoms with E-state index in [0.29, 0.717) is 0 Å². The second-order valence-corrected chi connectivity index (χ2v) is 2.93. The summed E-state index contributed by atoms with van der Waals surface area (Å²) < 4.78 is 1.49. The minimum absolute atomic E-state index is 0.119. The van der Waals surface area contributed by atoms with E-state index < -0.39 is 4.92 Å². The normalized spacial score (nSPS) is 16.9. The zero-order valence-electron chi connectivity index (χ0n) is 6.80. The van der Waals surface area contributed by atoms with E-state index >= 15 is 0 Å². The third-order valence-corrected chi connectivity index (χ3v) is 2.12. The van der Waals surface area contributed by atoms with Crippen LogP contribution in [0.15, 0.2) is 6.20 Å². The molecule has 1 aliphatic heterocycles. The largest absolute Gasteiger partial charge is 0.378 e. The van der Waals surface area contributed by atoms with Crippen LogP contribution in [0.5, 0.6) is 0 Å². The minimum Gasteiger partial charge on any atom is -0.378 e. The van der Waals surface area contributed by atoms with Crippen LogP contribution < -0.4 is 11.1 Å². The van der Waals surface area contributed by atoms with Gasteiger partial charge in [-0.1, -0.05) is 0 Å².